The molecule has 0 saturated carbocycles. The molecule has 0 radical (unpaired) electrons. The van der Waals surface area contributed by atoms with E-state index >= 15 is 0 Å². The largest absolute Gasteiger partial charge is 0.286 e. The molecule has 0 saturated heterocycles. The van der Waals surface area contributed by atoms with Gasteiger partial charge >= 0.3 is 0 Å². The molecule has 0 fully saturated rings. The molecule has 80 valence electrons. The zero-order chi connectivity index (χ0) is 11.7. The molecule has 0 unspecified atom stereocenters. The van der Waals surface area contributed by atoms with Gasteiger partial charge in [-0.1, -0.05) is 32.0 Å². The molecule has 3 heteroatoms. The number of hydrogen-bond acceptors (Lipinski definition) is 2. The van der Waals surface area contributed by atoms with Crippen molar-refractivity contribution in [3.8, 4) is 6.07 Å². The van der Waals surface area contributed by atoms with Crippen LogP contribution in [0.4, 0.5) is 0 Å². The summed E-state index contributed by atoms with van der Waals surface area (Å²) in [5, 5.41) is 9.83. The van der Waals surface area contributed by atoms with E-state index in [9.17, 15) is 4.79 Å². The Morgan fingerprint density at radius 1 is 1.38 bits per heavy atom. The lowest BCUT2D eigenvalue weighted by atomic mass is 10.2. The van der Waals surface area contributed by atoms with Crippen LogP contribution >= 0.6 is 0 Å². The molecule has 0 atom stereocenters. The van der Waals surface area contributed by atoms with Crippen molar-refractivity contribution in [3.05, 3.63) is 36.0 Å². The van der Waals surface area contributed by atoms with Crippen LogP contribution in [0.3, 0.4) is 0 Å². The summed E-state index contributed by atoms with van der Waals surface area (Å²) >= 11 is 0. The minimum atomic E-state index is -0.0812. The molecular formula is C13H12N2O. The van der Waals surface area contributed by atoms with E-state index in [2.05, 4.69) is 6.07 Å². The topological polar surface area (TPSA) is 45.8 Å². The monoisotopic (exact) mass is 212 g/mol. The lowest BCUT2D eigenvalue weighted by Gasteiger charge is -2.06. The summed E-state index contributed by atoms with van der Waals surface area (Å²) in [6, 6.07) is 9.56. The second-order valence-corrected chi connectivity index (χ2v) is 4.03. The van der Waals surface area contributed by atoms with Gasteiger partial charge in [-0.15, -0.1) is 0 Å². The maximum absolute atomic E-state index is 11.9. The molecule has 0 aliphatic rings. The normalized spacial score (nSPS) is 10.6. The van der Waals surface area contributed by atoms with E-state index in [0.717, 1.165) is 10.9 Å². The maximum atomic E-state index is 11.9. The molecule has 1 aromatic heterocycles. The van der Waals surface area contributed by atoms with Crippen molar-refractivity contribution in [2.75, 3.05) is 0 Å². The van der Waals surface area contributed by atoms with Crippen molar-refractivity contribution in [3.63, 3.8) is 0 Å². The van der Waals surface area contributed by atoms with Gasteiger partial charge in [0.1, 0.15) is 6.07 Å². The van der Waals surface area contributed by atoms with Crippen LogP contribution in [0.1, 0.15) is 24.2 Å². The van der Waals surface area contributed by atoms with Gasteiger partial charge in [0, 0.05) is 17.5 Å². The van der Waals surface area contributed by atoms with E-state index < -0.39 is 0 Å². The van der Waals surface area contributed by atoms with E-state index in [4.69, 9.17) is 5.26 Å². The molecule has 16 heavy (non-hydrogen) atoms. The van der Waals surface area contributed by atoms with Gasteiger partial charge in [-0.25, -0.2) is 0 Å². The number of aromatic nitrogens is 1. The number of carbonyl (C=O) groups excluding carboxylic acids is 1. The highest BCUT2D eigenvalue weighted by Gasteiger charge is 2.15. The number of carbonyl (C=O) groups is 1. The Bertz CT molecular complexity index is 587. The van der Waals surface area contributed by atoms with Crippen LogP contribution in [0.2, 0.25) is 0 Å². The van der Waals surface area contributed by atoms with Gasteiger partial charge in [0.15, 0.2) is 0 Å². The van der Waals surface area contributed by atoms with Crippen LogP contribution in [0.5, 0.6) is 0 Å². The third-order valence-electron chi connectivity index (χ3n) is 2.56. The van der Waals surface area contributed by atoms with Gasteiger partial charge in [-0.2, -0.15) is 5.26 Å². The highest BCUT2D eigenvalue weighted by molar-refractivity contribution is 5.96. The smallest absolute Gasteiger partial charge is 0.233 e. The van der Waals surface area contributed by atoms with Gasteiger partial charge in [-0.3, -0.25) is 9.36 Å². The Labute approximate surface area is 93.9 Å². The first-order valence-electron chi connectivity index (χ1n) is 5.19. The summed E-state index contributed by atoms with van der Waals surface area (Å²) in [6.07, 6.45) is 1.62. The van der Waals surface area contributed by atoms with Gasteiger partial charge in [-0.05, 0) is 6.07 Å². The molecule has 2 aromatic rings. The van der Waals surface area contributed by atoms with Crippen LogP contribution in [0, 0.1) is 17.2 Å². The second-order valence-electron chi connectivity index (χ2n) is 4.03. The Morgan fingerprint density at radius 2 is 2.06 bits per heavy atom. The molecule has 2 rings (SSSR count). The highest BCUT2D eigenvalue weighted by atomic mass is 16.2. The average molecular weight is 212 g/mol. The number of para-hydroxylation sites is 1. The quantitative estimate of drug-likeness (QED) is 0.729. The molecule has 0 amide bonds. The Hall–Kier alpha value is -2.08. The van der Waals surface area contributed by atoms with E-state index in [-0.39, 0.29) is 11.8 Å². The van der Waals surface area contributed by atoms with E-state index in [0.29, 0.717) is 5.56 Å². The van der Waals surface area contributed by atoms with Crippen molar-refractivity contribution < 1.29 is 4.79 Å². The van der Waals surface area contributed by atoms with Crippen LogP contribution < -0.4 is 0 Å². The van der Waals surface area contributed by atoms with Crippen molar-refractivity contribution in [1.82, 2.24) is 4.57 Å². The van der Waals surface area contributed by atoms with Crippen molar-refractivity contribution >= 4 is 16.8 Å². The molecule has 0 N–H and O–H groups in total. The summed E-state index contributed by atoms with van der Waals surface area (Å²) in [5.41, 5.74) is 1.35. The fourth-order valence-electron chi connectivity index (χ4n) is 1.73. The zero-order valence-electron chi connectivity index (χ0n) is 9.27. The lowest BCUT2D eigenvalue weighted by molar-refractivity contribution is 0.0860. The Kier molecular flexibility index (Phi) is 2.49. The first kappa shape index (κ1) is 10.4. The molecule has 0 aliphatic heterocycles. The fourth-order valence-corrected chi connectivity index (χ4v) is 1.73. The number of rotatable bonds is 1. The number of benzene rings is 1. The summed E-state index contributed by atoms with van der Waals surface area (Å²) in [5.74, 6) is -0.0694. The molecular weight excluding hydrogens is 200 g/mol. The third kappa shape index (κ3) is 1.49. The lowest BCUT2D eigenvalue weighted by Crippen LogP contribution is -2.15. The molecule has 3 nitrogen and oxygen atoms in total. The van der Waals surface area contributed by atoms with Crippen molar-refractivity contribution in [2.45, 2.75) is 13.8 Å². The minimum Gasteiger partial charge on any atom is -0.286 e. The van der Waals surface area contributed by atoms with Gasteiger partial charge in [0.05, 0.1) is 11.1 Å². The standard InChI is InChI=1S/C13H12N2O/c1-9(2)13(16)15-8-10(7-14)11-5-3-4-6-12(11)15/h3-6,8-9H,1-2H3. The summed E-state index contributed by atoms with van der Waals surface area (Å²) in [7, 11) is 0. The minimum absolute atomic E-state index is 0.0118. The number of nitriles is 1. The summed E-state index contributed by atoms with van der Waals surface area (Å²) < 4.78 is 1.57. The molecule has 0 aliphatic carbocycles. The van der Waals surface area contributed by atoms with Crippen molar-refractivity contribution in [2.24, 2.45) is 5.92 Å². The van der Waals surface area contributed by atoms with E-state index in [1.54, 1.807) is 10.8 Å². The predicted octanol–water partition coefficient (Wildman–Crippen LogP) is 2.81. The Balaban J connectivity index is 2.73. The molecule has 0 bridgehead atoms. The van der Waals surface area contributed by atoms with E-state index in [1.165, 1.54) is 0 Å². The average Bonchev–Trinajstić information content (AvgIpc) is 2.66. The number of fused-ring (bicyclic) bond motifs is 1. The first-order valence-corrected chi connectivity index (χ1v) is 5.19. The Morgan fingerprint density at radius 3 is 2.69 bits per heavy atom. The number of nitrogens with zero attached hydrogens (tertiary/aromatic N) is 2. The predicted molar refractivity (Wildman–Crippen MR) is 62.1 cm³/mol. The van der Waals surface area contributed by atoms with Crippen LogP contribution in [-0.2, 0) is 0 Å². The molecule has 0 spiro atoms. The van der Waals surface area contributed by atoms with Crippen molar-refractivity contribution in [1.29, 1.82) is 5.26 Å². The van der Waals surface area contributed by atoms with Crippen LogP contribution in [0.15, 0.2) is 30.5 Å². The van der Waals surface area contributed by atoms with Gasteiger partial charge in [0.2, 0.25) is 5.91 Å². The van der Waals surface area contributed by atoms with Crippen LogP contribution in [-0.4, -0.2) is 10.5 Å². The van der Waals surface area contributed by atoms with Gasteiger partial charge < -0.3 is 0 Å². The molecule has 1 heterocycles. The summed E-state index contributed by atoms with van der Waals surface area (Å²) in [4.78, 5) is 11.9. The first-order chi connectivity index (χ1) is 7.65. The fraction of sp³-hybridized carbons (Fsp3) is 0.231. The summed E-state index contributed by atoms with van der Waals surface area (Å²) in [6.45, 7) is 3.70. The number of hydrogen-bond donors (Lipinski definition) is 0. The van der Waals surface area contributed by atoms with Gasteiger partial charge in [0.25, 0.3) is 0 Å². The SMILES string of the molecule is CC(C)C(=O)n1cc(C#N)c2ccccc21. The highest BCUT2D eigenvalue weighted by Crippen LogP contribution is 2.21. The van der Waals surface area contributed by atoms with Crippen LogP contribution in [0.25, 0.3) is 10.9 Å². The van der Waals surface area contributed by atoms with E-state index in [1.807, 2.05) is 38.1 Å². The molecule has 1 aromatic carbocycles. The third-order valence-corrected chi connectivity index (χ3v) is 2.56. The zero-order valence-corrected chi connectivity index (χ0v) is 9.27. The second kappa shape index (κ2) is 3.82. The maximum Gasteiger partial charge on any atom is 0.233 e.